The van der Waals surface area contributed by atoms with Crippen LogP contribution < -0.4 is 10.1 Å². The Balaban J connectivity index is 1.93. The molecule has 0 bridgehead atoms. The van der Waals surface area contributed by atoms with Crippen molar-refractivity contribution in [3.63, 3.8) is 0 Å². The molecule has 0 heterocycles. The number of hydrogen-bond acceptors (Lipinski definition) is 2. The van der Waals surface area contributed by atoms with Crippen LogP contribution in [0.1, 0.15) is 43.7 Å². The van der Waals surface area contributed by atoms with E-state index < -0.39 is 0 Å². The monoisotopic (exact) mass is 261 g/mol. The molecule has 0 radical (unpaired) electrons. The van der Waals surface area contributed by atoms with E-state index in [2.05, 4.69) is 44.3 Å². The zero-order valence-corrected chi connectivity index (χ0v) is 12.5. The fraction of sp³-hybridized carbons (Fsp3) is 0.647. The quantitative estimate of drug-likeness (QED) is 0.840. The summed E-state index contributed by atoms with van der Waals surface area (Å²) in [6.45, 7) is 8.24. The molecule has 0 amide bonds. The van der Waals surface area contributed by atoms with Gasteiger partial charge in [-0.15, -0.1) is 0 Å². The maximum absolute atomic E-state index is 6.03. The van der Waals surface area contributed by atoms with Gasteiger partial charge in [-0.25, -0.2) is 0 Å². The maximum Gasteiger partial charge on any atom is 0.119 e. The van der Waals surface area contributed by atoms with Gasteiger partial charge < -0.3 is 10.1 Å². The summed E-state index contributed by atoms with van der Waals surface area (Å²) in [7, 11) is 0. The van der Waals surface area contributed by atoms with Gasteiger partial charge in [-0.2, -0.15) is 0 Å². The summed E-state index contributed by atoms with van der Waals surface area (Å²) in [5.74, 6) is 1.81. The van der Waals surface area contributed by atoms with Crippen LogP contribution in [0, 0.1) is 19.8 Å². The standard InChI is InChI=1S/C17H27NO/c1-4-18-17(15-7-5-6-8-15)12-19-16-10-13(2)9-14(3)11-16/h9-11,15,17-18H,4-8,12H2,1-3H3. The first-order valence-corrected chi connectivity index (χ1v) is 7.63. The van der Waals surface area contributed by atoms with Crippen LogP contribution in [0.25, 0.3) is 0 Å². The summed E-state index contributed by atoms with van der Waals surface area (Å²) in [6, 6.07) is 6.95. The number of nitrogens with one attached hydrogen (secondary N) is 1. The Morgan fingerprint density at radius 2 is 1.79 bits per heavy atom. The molecule has 2 heteroatoms. The number of likely N-dealkylation sites (N-methyl/N-ethyl adjacent to an activating group) is 1. The highest BCUT2D eigenvalue weighted by Gasteiger charge is 2.24. The fourth-order valence-electron chi connectivity index (χ4n) is 3.19. The summed E-state index contributed by atoms with van der Waals surface area (Å²) < 4.78 is 6.03. The van der Waals surface area contributed by atoms with Crippen molar-refractivity contribution in [2.24, 2.45) is 5.92 Å². The Morgan fingerprint density at radius 1 is 1.16 bits per heavy atom. The van der Waals surface area contributed by atoms with Crippen LogP contribution in [0.15, 0.2) is 18.2 Å². The lowest BCUT2D eigenvalue weighted by Crippen LogP contribution is -2.40. The van der Waals surface area contributed by atoms with Crippen LogP contribution in [-0.2, 0) is 0 Å². The molecule has 1 saturated carbocycles. The van der Waals surface area contributed by atoms with Crippen LogP contribution in [0.4, 0.5) is 0 Å². The minimum absolute atomic E-state index is 0.508. The van der Waals surface area contributed by atoms with Crippen LogP contribution in [0.2, 0.25) is 0 Å². The van der Waals surface area contributed by atoms with Crippen molar-refractivity contribution in [1.82, 2.24) is 5.32 Å². The third-order valence-corrected chi connectivity index (χ3v) is 4.06. The minimum Gasteiger partial charge on any atom is -0.492 e. The van der Waals surface area contributed by atoms with Crippen molar-refractivity contribution in [1.29, 1.82) is 0 Å². The second kappa shape index (κ2) is 6.95. The molecule has 1 aromatic carbocycles. The van der Waals surface area contributed by atoms with E-state index in [0.29, 0.717) is 6.04 Å². The molecular formula is C17H27NO. The molecule has 0 aromatic heterocycles. The van der Waals surface area contributed by atoms with Gasteiger partial charge in [0, 0.05) is 6.04 Å². The Morgan fingerprint density at radius 3 is 2.37 bits per heavy atom. The van der Waals surface area contributed by atoms with E-state index in [-0.39, 0.29) is 0 Å². The van der Waals surface area contributed by atoms with Gasteiger partial charge in [0.1, 0.15) is 12.4 Å². The molecule has 1 aliphatic carbocycles. The smallest absolute Gasteiger partial charge is 0.119 e. The van der Waals surface area contributed by atoms with E-state index in [1.807, 2.05) is 0 Å². The first kappa shape index (κ1) is 14.4. The molecule has 19 heavy (non-hydrogen) atoms. The molecule has 1 atom stereocenters. The van der Waals surface area contributed by atoms with Crippen molar-refractivity contribution in [2.45, 2.75) is 52.5 Å². The molecule has 1 aromatic rings. The predicted octanol–water partition coefficient (Wildman–Crippen LogP) is 3.85. The number of benzene rings is 1. The van der Waals surface area contributed by atoms with E-state index in [4.69, 9.17) is 4.74 Å². The van der Waals surface area contributed by atoms with Gasteiger partial charge in [-0.05, 0) is 62.4 Å². The van der Waals surface area contributed by atoms with E-state index >= 15 is 0 Å². The van der Waals surface area contributed by atoms with Gasteiger partial charge in [-0.1, -0.05) is 25.8 Å². The van der Waals surface area contributed by atoms with Gasteiger partial charge in [-0.3, -0.25) is 0 Å². The molecule has 1 fully saturated rings. The Bertz CT molecular complexity index is 376. The Hall–Kier alpha value is -1.02. The highest BCUT2D eigenvalue weighted by atomic mass is 16.5. The highest BCUT2D eigenvalue weighted by Crippen LogP contribution is 2.28. The van der Waals surface area contributed by atoms with Crippen LogP contribution >= 0.6 is 0 Å². The average Bonchev–Trinajstić information content (AvgIpc) is 2.87. The van der Waals surface area contributed by atoms with Crippen molar-refractivity contribution in [3.05, 3.63) is 29.3 Å². The molecule has 0 aliphatic heterocycles. The lowest BCUT2D eigenvalue weighted by Gasteiger charge is -2.24. The summed E-state index contributed by atoms with van der Waals surface area (Å²) in [4.78, 5) is 0. The summed E-state index contributed by atoms with van der Waals surface area (Å²) in [5, 5.41) is 3.60. The zero-order chi connectivity index (χ0) is 13.7. The highest BCUT2D eigenvalue weighted by molar-refractivity contribution is 5.33. The zero-order valence-electron chi connectivity index (χ0n) is 12.5. The largest absolute Gasteiger partial charge is 0.492 e. The molecule has 2 nitrogen and oxygen atoms in total. The molecule has 1 unspecified atom stereocenters. The first-order valence-electron chi connectivity index (χ1n) is 7.63. The molecule has 0 spiro atoms. The second-order valence-electron chi connectivity index (χ2n) is 5.84. The summed E-state index contributed by atoms with van der Waals surface area (Å²) in [6.07, 6.45) is 5.48. The number of hydrogen-bond donors (Lipinski definition) is 1. The molecular weight excluding hydrogens is 234 g/mol. The van der Waals surface area contributed by atoms with Gasteiger partial charge in [0.25, 0.3) is 0 Å². The Labute approximate surface area is 117 Å². The molecule has 2 rings (SSSR count). The van der Waals surface area contributed by atoms with Crippen LogP contribution in [0.5, 0.6) is 5.75 Å². The number of ether oxygens (including phenoxy) is 1. The summed E-state index contributed by atoms with van der Waals surface area (Å²) in [5.41, 5.74) is 2.55. The third-order valence-electron chi connectivity index (χ3n) is 4.06. The van der Waals surface area contributed by atoms with E-state index in [1.165, 1.54) is 36.8 Å². The Kier molecular flexibility index (Phi) is 5.26. The number of aryl methyl sites for hydroxylation is 2. The van der Waals surface area contributed by atoms with Gasteiger partial charge in [0.15, 0.2) is 0 Å². The molecule has 1 aliphatic rings. The number of rotatable bonds is 6. The normalized spacial score (nSPS) is 17.6. The van der Waals surface area contributed by atoms with Crippen molar-refractivity contribution in [2.75, 3.05) is 13.2 Å². The molecule has 1 N–H and O–H groups in total. The molecule has 106 valence electrons. The summed E-state index contributed by atoms with van der Waals surface area (Å²) >= 11 is 0. The fourth-order valence-corrected chi connectivity index (χ4v) is 3.19. The van der Waals surface area contributed by atoms with Crippen LogP contribution in [-0.4, -0.2) is 19.2 Å². The third kappa shape index (κ3) is 4.24. The lowest BCUT2D eigenvalue weighted by atomic mass is 9.99. The minimum atomic E-state index is 0.508. The van der Waals surface area contributed by atoms with Gasteiger partial charge in [0.2, 0.25) is 0 Å². The first-order chi connectivity index (χ1) is 9.19. The van der Waals surface area contributed by atoms with Crippen molar-refractivity contribution < 1.29 is 4.74 Å². The van der Waals surface area contributed by atoms with Crippen molar-refractivity contribution >= 4 is 0 Å². The predicted molar refractivity (Wildman–Crippen MR) is 80.8 cm³/mol. The van der Waals surface area contributed by atoms with Crippen LogP contribution in [0.3, 0.4) is 0 Å². The lowest BCUT2D eigenvalue weighted by molar-refractivity contribution is 0.219. The second-order valence-corrected chi connectivity index (χ2v) is 5.84. The maximum atomic E-state index is 6.03. The van der Waals surface area contributed by atoms with E-state index in [1.54, 1.807) is 0 Å². The topological polar surface area (TPSA) is 21.3 Å². The average molecular weight is 261 g/mol. The van der Waals surface area contributed by atoms with Gasteiger partial charge >= 0.3 is 0 Å². The van der Waals surface area contributed by atoms with Crippen molar-refractivity contribution in [3.8, 4) is 5.75 Å². The van der Waals surface area contributed by atoms with Gasteiger partial charge in [0.05, 0.1) is 0 Å². The SMILES string of the molecule is CCNC(COc1cc(C)cc(C)c1)C1CCCC1. The van der Waals surface area contributed by atoms with E-state index in [9.17, 15) is 0 Å². The van der Waals surface area contributed by atoms with E-state index in [0.717, 1.165) is 24.8 Å². The molecule has 0 saturated heterocycles.